The maximum absolute atomic E-state index is 14.3. The monoisotopic (exact) mass is 611 g/mol. The third-order valence-electron chi connectivity index (χ3n) is 8.44. The molecule has 2 N–H and O–H groups in total. The van der Waals surface area contributed by atoms with E-state index in [-0.39, 0.29) is 43.3 Å². The summed E-state index contributed by atoms with van der Waals surface area (Å²) in [7, 11) is 1.50. The Labute approximate surface area is 260 Å². The van der Waals surface area contributed by atoms with E-state index in [9.17, 15) is 23.6 Å². The molecule has 12 heteroatoms. The second-order valence-electron chi connectivity index (χ2n) is 11.9. The summed E-state index contributed by atoms with van der Waals surface area (Å²) in [4.78, 5) is 69.2. The second kappa shape index (κ2) is 12.8. The van der Waals surface area contributed by atoms with Crippen molar-refractivity contribution < 1.29 is 23.6 Å². The SMILES string of the molecule is [C-]#[N+][C@@H]1C[C@@]2(CN1C(=O)[C@H](CC(C)C)N(C)C(=O)[C@H](Cc1ccc(F)cc1)NC(=O)c1cnccn1)C(=O)Nc1ccccc12. The molecule has 45 heavy (non-hydrogen) atoms. The summed E-state index contributed by atoms with van der Waals surface area (Å²) in [5, 5.41) is 5.61. The number of para-hydroxylation sites is 1. The van der Waals surface area contributed by atoms with Crippen LogP contribution in [0.15, 0.2) is 67.1 Å². The van der Waals surface area contributed by atoms with Gasteiger partial charge in [-0.1, -0.05) is 44.2 Å². The molecule has 0 unspecified atom stereocenters. The van der Waals surface area contributed by atoms with E-state index in [4.69, 9.17) is 6.57 Å². The maximum Gasteiger partial charge on any atom is 0.302 e. The van der Waals surface area contributed by atoms with Crippen molar-refractivity contribution in [2.45, 2.75) is 56.8 Å². The topological polar surface area (TPSA) is 129 Å². The van der Waals surface area contributed by atoms with Crippen molar-refractivity contribution in [3.8, 4) is 0 Å². The number of hydrogen-bond acceptors (Lipinski definition) is 6. The van der Waals surface area contributed by atoms with Crippen molar-refractivity contribution >= 4 is 29.3 Å². The molecule has 11 nitrogen and oxygen atoms in total. The van der Waals surface area contributed by atoms with Crippen LogP contribution in [-0.2, 0) is 26.2 Å². The van der Waals surface area contributed by atoms with Gasteiger partial charge in [0.25, 0.3) is 11.8 Å². The predicted molar refractivity (Wildman–Crippen MR) is 163 cm³/mol. The predicted octanol–water partition coefficient (Wildman–Crippen LogP) is 3.20. The van der Waals surface area contributed by atoms with Crippen LogP contribution in [0.4, 0.5) is 10.1 Å². The lowest BCUT2D eigenvalue weighted by atomic mass is 9.80. The Hall–Kier alpha value is -5.18. The normalized spacial score (nSPS) is 19.9. The third-order valence-corrected chi connectivity index (χ3v) is 8.44. The number of halogens is 1. The molecule has 4 amide bonds. The quantitative estimate of drug-likeness (QED) is 0.358. The Bertz CT molecular complexity index is 1640. The number of carbonyl (C=O) groups is 4. The number of nitrogens with one attached hydrogen (secondary N) is 2. The van der Waals surface area contributed by atoms with E-state index in [1.54, 1.807) is 6.07 Å². The molecule has 2 aromatic carbocycles. The Kier molecular flexibility index (Phi) is 8.90. The maximum atomic E-state index is 14.3. The summed E-state index contributed by atoms with van der Waals surface area (Å²) in [6, 6.07) is 10.7. The van der Waals surface area contributed by atoms with Gasteiger partial charge >= 0.3 is 6.17 Å². The van der Waals surface area contributed by atoms with E-state index in [1.807, 2.05) is 32.0 Å². The highest BCUT2D eigenvalue weighted by molar-refractivity contribution is 6.07. The summed E-state index contributed by atoms with van der Waals surface area (Å²) in [5.74, 6) is -2.35. The molecule has 0 bridgehead atoms. The summed E-state index contributed by atoms with van der Waals surface area (Å²) < 4.78 is 13.6. The average Bonchev–Trinajstić information content (AvgIpc) is 3.57. The van der Waals surface area contributed by atoms with Gasteiger partial charge in [0.1, 0.15) is 29.0 Å². The van der Waals surface area contributed by atoms with Gasteiger partial charge in [-0.05, 0) is 41.7 Å². The lowest BCUT2D eigenvalue weighted by molar-refractivity contribution is -0.146. The van der Waals surface area contributed by atoms with E-state index in [0.29, 0.717) is 11.3 Å². The fourth-order valence-electron chi connectivity index (χ4n) is 6.12. The van der Waals surface area contributed by atoms with Gasteiger partial charge in [0, 0.05) is 38.1 Å². The molecular weight excluding hydrogens is 577 g/mol. The summed E-state index contributed by atoms with van der Waals surface area (Å²) >= 11 is 0. The van der Waals surface area contributed by atoms with Gasteiger partial charge in [0.15, 0.2) is 0 Å². The number of likely N-dealkylation sites (N-methyl/N-ethyl adjacent to an activating group) is 1. The van der Waals surface area contributed by atoms with Crippen LogP contribution in [0.25, 0.3) is 4.85 Å². The molecule has 1 aromatic heterocycles. The van der Waals surface area contributed by atoms with Crippen LogP contribution >= 0.6 is 0 Å². The third kappa shape index (κ3) is 6.24. The molecule has 3 heterocycles. The smallest absolute Gasteiger partial charge is 0.302 e. The second-order valence-corrected chi connectivity index (χ2v) is 11.9. The molecule has 1 spiro atoms. The molecule has 4 atom stereocenters. The van der Waals surface area contributed by atoms with Crippen molar-refractivity contribution in [1.82, 2.24) is 25.1 Å². The van der Waals surface area contributed by atoms with E-state index >= 15 is 0 Å². The van der Waals surface area contributed by atoms with Gasteiger partial charge in [0.05, 0.1) is 12.6 Å². The van der Waals surface area contributed by atoms with Crippen LogP contribution in [0.2, 0.25) is 0 Å². The largest absolute Gasteiger partial charge is 0.339 e. The number of carbonyl (C=O) groups excluding carboxylic acids is 4. The minimum atomic E-state index is -1.13. The summed E-state index contributed by atoms with van der Waals surface area (Å²) in [6.45, 7) is 11.7. The fourth-order valence-corrected chi connectivity index (χ4v) is 6.12. The number of likely N-dealkylation sites (tertiary alicyclic amines) is 1. The Balaban J connectivity index is 1.44. The minimum Gasteiger partial charge on any atom is -0.339 e. The molecular formula is C33H34FN7O4. The van der Waals surface area contributed by atoms with Gasteiger partial charge in [-0.3, -0.25) is 33.9 Å². The first-order valence-electron chi connectivity index (χ1n) is 14.7. The first-order chi connectivity index (χ1) is 21.5. The van der Waals surface area contributed by atoms with Crippen molar-refractivity contribution in [2.75, 3.05) is 18.9 Å². The Morgan fingerprint density at radius 3 is 2.58 bits per heavy atom. The highest BCUT2D eigenvalue weighted by Gasteiger charge is 2.59. The van der Waals surface area contributed by atoms with Crippen molar-refractivity contribution in [3.05, 3.63) is 101 Å². The molecule has 3 aromatic rings. The molecule has 0 radical (unpaired) electrons. The van der Waals surface area contributed by atoms with Gasteiger partial charge in [-0.15, -0.1) is 0 Å². The van der Waals surface area contributed by atoms with Crippen LogP contribution in [0.5, 0.6) is 0 Å². The Morgan fingerprint density at radius 2 is 1.91 bits per heavy atom. The van der Waals surface area contributed by atoms with Crippen LogP contribution < -0.4 is 10.6 Å². The van der Waals surface area contributed by atoms with Gasteiger partial charge in [-0.25, -0.2) is 15.9 Å². The summed E-state index contributed by atoms with van der Waals surface area (Å²) in [5.41, 5.74) is 0.936. The Morgan fingerprint density at radius 1 is 1.18 bits per heavy atom. The number of aromatic nitrogens is 2. The van der Waals surface area contributed by atoms with Gasteiger partial charge < -0.3 is 15.5 Å². The van der Waals surface area contributed by atoms with Crippen LogP contribution in [0.1, 0.15) is 48.3 Å². The molecule has 0 saturated carbocycles. The van der Waals surface area contributed by atoms with Crippen LogP contribution in [0, 0.1) is 18.3 Å². The van der Waals surface area contributed by atoms with Crippen molar-refractivity contribution in [3.63, 3.8) is 0 Å². The first kappa shape index (κ1) is 31.3. The van der Waals surface area contributed by atoms with Crippen molar-refractivity contribution in [1.29, 1.82) is 0 Å². The zero-order chi connectivity index (χ0) is 32.3. The van der Waals surface area contributed by atoms with E-state index in [0.717, 1.165) is 5.56 Å². The first-order valence-corrected chi connectivity index (χ1v) is 14.7. The van der Waals surface area contributed by atoms with Crippen LogP contribution in [-0.4, -0.2) is 75.2 Å². The molecule has 0 aliphatic carbocycles. The highest BCUT2D eigenvalue weighted by Crippen LogP contribution is 2.47. The summed E-state index contributed by atoms with van der Waals surface area (Å²) in [6.07, 6.45) is 3.58. The van der Waals surface area contributed by atoms with Crippen molar-refractivity contribution in [2.24, 2.45) is 5.92 Å². The molecule has 1 saturated heterocycles. The zero-order valence-electron chi connectivity index (χ0n) is 25.2. The highest BCUT2D eigenvalue weighted by atomic mass is 19.1. The number of nitrogens with zero attached hydrogens (tertiary/aromatic N) is 5. The van der Waals surface area contributed by atoms with Crippen LogP contribution in [0.3, 0.4) is 0 Å². The lowest BCUT2D eigenvalue weighted by Gasteiger charge is -2.34. The molecule has 2 aliphatic rings. The molecule has 5 rings (SSSR count). The standard InChI is InChI=1S/C33H34FN7O4/c1-20(2)15-27(31(44)41-19-33(17-28(41)35-3)23-7-5-6-8-24(23)39-32(33)45)40(4)30(43)25(16-21-9-11-22(34)12-10-21)38-29(42)26-18-36-13-14-37-26/h5-14,18,20,25,27-28H,15-17,19H2,1-2,4H3,(H,38,42)(H,39,45)/t25-,27-,28-,33-/m0/s1. The van der Waals surface area contributed by atoms with Gasteiger partial charge in [-0.2, -0.15) is 0 Å². The number of hydrogen-bond donors (Lipinski definition) is 2. The van der Waals surface area contributed by atoms with E-state index in [2.05, 4.69) is 25.4 Å². The zero-order valence-corrected chi connectivity index (χ0v) is 25.2. The molecule has 1 fully saturated rings. The number of benzene rings is 2. The fraction of sp³-hybridized carbons (Fsp3) is 0.364. The molecule has 2 aliphatic heterocycles. The number of amides is 4. The average molecular weight is 612 g/mol. The number of rotatable bonds is 9. The van der Waals surface area contributed by atoms with E-state index in [1.165, 1.54) is 59.7 Å². The lowest BCUT2D eigenvalue weighted by Crippen LogP contribution is -2.56. The van der Waals surface area contributed by atoms with Gasteiger partial charge in [0.2, 0.25) is 11.8 Å². The number of anilines is 1. The minimum absolute atomic E-state index is 0.000767. The molecule has 232 valence electrons. The van der Waals surface area contributed by atoms with E-state index < -0.39 is 47.2 Å². The number of fused-ring (bicyclic) bond motifs is 2.